The molecule has 2 heterocycles. The molecule has 2 aromatic carbocycles. The number of benzene rings is 2. The van der Waals surface area contributed by atoms with Crippen LogP contribution in [0.15, 0.2) is 69.8 Å². The lowest BCUT2D eigenvalue weighted by Gasteiger charge is -2.26. The van der Waals surface area contributed by atoms with E-state index in [4.69, 9.17) is 0 Å². The third-order valence-corrected chi connectivity index (χ3v) is 8.46. The number of hydrogen-bond acceptors (Lipinski definition) is 5. The molecular weight excluding hydrogens is 424 g/mol. The van der Waals surface area contributed by atoms with Gasteiger partial charge in [0.15, 0.2) is 0 Å². The number of thioether (sulfide) groups is 1. The number of amides is 1. The van der Waals surface area contributed by atoms with Crippen molar-refractivity contribution < 1.29 is 13.2 Å². The van der Waals surface area contributed by atoms with Crippen LogP contribution in [0.25, 0.3) is 0 Å². The van der Waals surface area contributed by atoms with Crippen LogP contribution < -0.4 is 5.32 Å². The molecule has 0 unspecified atom stereocenters. The topological polar surface area (TPSA) is 66.5 Å². The van der Waals surface area contributed by atoms with Crippen LogP contribution in [0.1, 0.15) is 20.8 Å². The Labute approximate surface area is 178 Å². The number of fused-ring (bicyclic) bond motifs is 1. The fourth-order valence-corrected chi connectivity index (χ4v) is 6.02. The second-order valence-electron chi connectivity index (χ2n) is 6.67. The summed E-state index contributed by atoms with van der Waals surface area (Å²) >= 11 is 3.29. The van der Waals surface area contributed by atoms with Crippen LogP contribution in [0.4, 0.5) is 5.69 Å². The van der Waals surface area contributed by atoms with E-state index in [0.717, 1.165) is 16.9 Å². The van der Waals surface area contributed by atoms with Gasteiger partial charge in [-0.1, -0.05) is 6.07 Å². The Morgan fingerprint density at radius 2 is 1.93 bits per heavy atom. The Balaban J connectivity index is 1.53. The first kappa shape index (κ1) is 20.2. The second kappa shape index (κ2) is 8.31. The fourth-order valence-electron chi connectivity index (χ4n) is 3.25. The molecule has 1 N–H and O–H groups in total. The zero-order chi connectivity index (χ0) is 20.4. The summed E-state index contributed by atoms with van der Waals surface area (Å²) in [4.78, 5) is 15.1. The highest BCUT2D eigenvalue weighted by atomic mass is 32.2. The van der Waals surface area contributed by atoms with E-state index in [-0.39, 0.29) is 10.8 Å². The van der Waals surface area contributed by atoms with Crippen LogP contribution in [-0.2, 0) is 23.0 Å². The summed E-state index contributed by atoms with van der Waals surface area (Å²) < 4.78 is 27.7. The molecule has 0 spiro atoms. The molecule has 8 heteroatoms. The highest BCUT2D eigenvalue weighted by Gasteiger charge is 2.29. The number of nitrogens with zero attached hydrogens (tertiary/aromatic N) is 1. The molecule has 0 aliphatic carbocycles. The summed E-state index contributed by atoms with van der Waals surface area (Å²) in [5, 5.41) is 4.82. The monoisotopic (exact) mass is 444 g/mol. The largest absolute Gasteiger partial charge is 0.322 e. The molecular formula is C21H20N2O3S3. The van der Waals surface area contributed by atoms with Gasteiger partial charge in [0.2, 0.25) is 10.0 Å². The van der Waals surface area contributed by atoms with Gasteiger partial charge in [-0.15, -0.1) is 23.1 Å². The summed E-state index contributed by atoms with van der Waals surface area (Å²) in [5.74, 6) is -0.335. The minimum absolute atomic E-state index is 0.140. The van der Waals surface area contributed by atoms with Crippen molar-refractivity contribution >= 4 is 44.7 Å². The van der Waals surface area contributed by atoms with Gasteiger partial charge in [0.25, 0.3) is 5.91 Å². The lowest BCUT2D eigenvalue weighted by molar-refractivity contribution is 0.102. The van der Waals surface area contributed by atoms with E-state index in [9.17, 15) is 13.2 Å². The average Bonchev–Trinajstić information content (AvgIpc) is 3.22. The first-order valence-electron chi connectivity index (χ1n) is 9.08. The van der Waals surface area contributed by atoms with Gasteiger partial charge in [0, 0.05) is 34.1 Å². The number of sulfonamides is 1. The molecule has 0 bridgehead atoms. The van der Waals surface area contributed by atoms with Crippen molar-refractivity contribution in [1.29, 1.82) is 0 Å². The lowest BCUT2D eigenvalue weighted by Crippen LogP contribution is -2.35. The SMILES string of the molecule is CSc1ccc(NC(=O)c2cccc(S(=O)(=O)N3CCc4sccc4C3)c2)cc1. The zero-order valence-corrected chi connectivity index (χ0v) is 18.2. The fraction of sp³-hybridized carbons (Fsp3) is 0.190. The molecule has 0 radical (unpaired) electrons. The van der Waals surface area contributed by atoms with Gasteiger partial charge in [-0.25, -0.2) is 8.42 Å². The lowest BCUT2D eigenvalue weighted by atomic mass is 10.1. The molecule has 0 fully saturated rings. The van der Waals surface area contributed by atoms with Crippen molar-refractivity contribution in [3.63, 3.8) is 0 Å². The van der Waals surface area contributed by atoms with Gasteiger partial charge in [0.1, 0.15) is 0 Å². The number of anilines is 1. The molecule has 1 aliphatic heterocycles. The summed E-state index contributed by atoms with van der Waals surface area (Å²) in [6.07, 6.45) is 2.71. The number of carbonyl (C=O) groups excluding carboxylic acids is 1. The zero-order valence-electron chi connectivity index (χ0n) is 15.8. The standard InChI is InChI=1S/C21H20N2O3S3/c1-27-18-7-5-17(6-8-18)22-21(24)15-3-2-4-19(13-15)29(25,26)23-11-9-20-16(14-23)10-12-28-20/h2-8,10,12-13H,9,11,14H2,1H3,(H,22,24). The van der Waals surface area contributed by atoms with Crippen molar-refractivity contribution in [3.05, 3.63) is 76.0 Å². The quantitative estimate of drug-likeness (QED) is 0.590. The smallest absolute Gasteiger partial charge is 0.255 e. The van der Waals surface area contributed by atoms with Crippen molar-refractivity contribution in [1.82, 2.24) is 4.31 Å². The summed E-state index contributed by atoms with van der Waals surface area (Å²) in [5.41, 5.74) is 2.04. The Hall–Kier alpha value is -2.13. The number of rotatable bonds is 5. The Bertz CT molecular complexity index is 1140. The first-order chi connectivity index (χ1) is 14.0. The summed E-state index contributed by atoms with van der Waals surface area (Å²) in [6, 6.07) is 15.7. The third kappa shape index (κ3) is 4.25. The number of carbonyl (C=O) groups is 1. The Morgan fingerprint density at radius 3 is 2.69 bits per heavy atom. The van der Waals surface area contributed by atoms with E-state index >= 15 is 0 Å². The normalized spacial score (nSPS) is 14.4. The average molecular weight is 445 g/mol. The second-order valence-corrected chi connectivity index (χ2v) is 10.5. The first-order valence-corrected chi connectivity index (χ1v) is 12.6. The van der Waals surface area contributed by atoms with Crippen LogP contribution in [0.2, 0.25) is 0 Å². The van der Waals surface area contributed by atoms with Gasteiger partial charge < -0.3 is 5.32 Å². The molecule has 4 rings (SSSR count). The van der Waals surface area contributed by atoms with Crippen LogP contribution in [0.3, 0.4) is 0 Å². The number of thiophene rings is 1. The van der Waals surface area contributed by atoms with E-state index in [1.54, 1.807) is 41.3 Å². The minimum atomic E-state index is -3.67. The highest BCUT2D eigenvalue weighted by Crippen LogP contribution is 2.28. The van der Waals surface area contributed by atoms with Gasteiger partial charge in [-0.2, -0.15) is 4.31 Å². The van der Waals surface area contributed by atoms with Crippen LogP contribution in [-0.4, -0.2) is 31.4 Å². The molecule has 3 aromatic rings. The molecule has 1 amide bonds. The summed E-state index contributed by atoms with van der Waals surface area (Å²) in [6.45, 7) is 0.827. The maximum Gasteiger partial charge on any atom is 0.255 e. The molecule has 0 saturated carbocycles. The van der Waals surface area contributed by atoms with E-state index < -0.39 is 10.0 Å². The molecule has 5 nitrogen and oxygen atoms in total. The molecule has 1 aromatic heterocycles. The molecule has 0 saturated heterocycles. The Morgan fingerprint density at radius 1 is 1.14 bits per heavy atom. The van der Waals surface area contributed by atoms with Crippen LogP contribution >= 0.6 is 23.1 Å². The molecule has 29 heavy (non-hydrogen) atoms. The maximum atomic E-state index is 13.1. The number of hydrogen-bond donors (Lipinski definition) is 1. The maximum absolute atomic E-state index is 13.1. The van der Waals surface area contributed by atoms with Gasteiger partial charge in [0.05, 0.1) is 4.90 Å². The van der Waals surface area contributed by atoms with E-state index in [1.807, 2.05) is 42.0 Å². The van der Waals surface area contributed by atoms with Gasteiger partial charge in [-0.3, -0.25) is 4.79 Å². The van der Waals surface area contributed by atoms with E-state index in [0.29, 0.717) is 24.3 Å². The summed E-state index contributed by atoms with van der Waals surface area (Å²) in [7, 11) is -3.67. The predicted octanol–water partition coefficient (Wildman–Crippen LogP) is 4.47. The van der Waals surface area contributed by atoms with Crippen LogP contribution in [0.5, 0.6) is 0 Å². The van der Waals surface area contributed by atoms with Gasteiger partial charge >= 0.3 is 0 Å². The third-order valence-electron chi connectivity index (χ3n) is 4.85. The van der Waals surface area contributed by atoms with E-state index in [2.05, 4.69) is 5.32 Å². The van der Waals surface area contributed by atoms with Crippen molar-refractivity contribution in [2.24, 2.45) is 0 Å². The molecule has 0 atom stereocenters. The molecule has 150 valence electrons. The molecule has 1 aliphatic rings. The van der Waals surface area contributed by atoms with Crippen LogP contribution in [0, 0.1) is 0 Å². The van der Waals surface area contributed by atoms with Crippen molar-refractivity contribution in [3.8, 4) is 0 Å². The van der Waals surface area contributed by atoms with Crippen molar-refractivity contribution in [2.75, 3.05) is 18.1 Å². The van der Waals surface area contributed by atoms with Gasteiger partial charge in [-0.05, 0) is 72.2 Å². The van der Waals surface area contributed by atoms with E-state index in [1.165, 1.54) is 15.2 Å². The van der Waals surface area contributed by atoms with Crippen molar-refractivity contribution in [2.45, 2.75) is 22.8 Å². The minimum Gasteiger partial charge on any atom is -0.322 e. The highest BCUT2D eigenvalue weighted by molar-refractivity contribution is 7.98. The number of nitrogens with one attached hydrogen (secondary N) is 1. The Kier molecular flexibility index (Phi) is 5.78. The predicted molar refractivity (Wildman–Crippen MR) is 118 cm³/mol.